The van der Waals surface area contributed by atoms with Crippen molar-refractivity contribution < 1.29 is 14.3 Å². The van der Waals surface area contributed by atoms with Crippen molar-refractivity contribution in [3.05, 3.63) is 54.1 Å². The maximum absolute atomic E-state index is 11.3. The summed E-state index contributed by atoms with van der Waals surface area (Å²) < 4.78 is 10.8. The van der Waals surface area contributed by atoms with E-state index in [1.54, 1.807) is 7.11 Å². The molecule has 1 aliphatic rings. The quantitative estimate of drug-likeness (QED) is 0.831. The van der Waals surface area contributed by atoms with Crippen molar-refractivity contribution in [2.24, 2.45) is 0 Å². The summed E-state index contributed by atoms with van der Waals surface area (Å²) in [5.41, 5.74) is 3.18. The molecular weight excluding hydrogens is 292 g/mol. The molecule has 0 amide bonds. The number of hydrogen-bond acceptors (Lipinski definition) is 5. The zero-order valence-corrected chi connectivity index (χ0v) is 13.1. The van der Waals surface area contributed by atoms with Gasteiger partial charge in [-0.25, -0.2) is 0 Å². The molecule has 3 rings (SSSR count). The van der Waals surface area contributed by atoms with Crippen LogP contribution in [-0.2, 0) is 16.1 Å². The number of nitrogens with one attached hydrogen (secondary N) is 1. The Morgan fingerprint density at radius 3 is 2.78 bits per heavy atom. The van der Waals surface area contributed by atoms with Crippen LogP contribution in [0.1, 0.15) is 5.56 Å². The Morgan fingerprint density at radius 2 is 2.04 bits per heavy atom. The number of carbonyl (C=O) groups is 1. The molecule has 1 unspecified atom stereocenters. The van der Waals surface area contributed by atoms with Gasteiger partial charge in [-0.2, -0.15) is 0 Å². The number of rotatable bonds is 6. The van der Waals surface area contributed by atoms with Crippen molar-refractivity contribution >= 4 is 17.7 Å². The van der Waals surface area contributed by atoms with E-state index < -0.39 is 6.23 Å². The van der Waals surface area contributed by atoms with Gasteiger partial charge in [0.2, 0.25) is 0 Å². The van der Waals surface area contributed by atoms with Crippen molar-refractivity contribution in [3.63, 3.8) is 0 Å². The van der Waals surface area contributed by atoms with E-state index in [9.17, 15) is 4.79 Å². The first-order valence-corrected chi connectivity index (χ1v) is 7.61. The Kier molecular flexibility index (Phi) is 4.78. The first-order chi connectivity index (χ1) is 11.3. The Bertz CT molecular complexity index is 658. The van der Waals surface area contributed by atoms with Crippen LogP contribution < -0.4 is 15.0 Å². The predicted molar refractivity (Wildman–Crippen MR) is 89.9 cm³/mol. The molecule has 2 aromatic carbocycles. The summed E-state index contributed by atoms with van der Waals surface area (Å²) in [6.45, 7) is 1.85. The number of carbonyl (C=O) groups excluding carboxylic acids is 1. The Hall–Kier alpha value is -2.53. The SMILES string of the molecule is COc1ccc(NCCN2c3ccccc3COC2C=O)cc1. The summed E-state index contributed by atoms with van der Waals surface area (Å²) in [5.74, 6) is 0.829. The lowest BCUT2D eigenvalue weighted by Crippen LogP contribution is -2.44. The monoisotopic (exact) mass is 312 g/mol. The number of nitrogens with zero attached hydrogens (tertiary/aromatic N) is 1. The van der Waals surface area contributed by atoms with Crippen molar-refractivity contribution in [2.75, 3.05) is 30.4 Å². The number of anilines is 2. The van der Waals surface area contributed by atoms with Gasteiger partial charge in [0.1, 0.15) is 5.75 Å². The number of ether oxygens (including phenoxy) is 2. The molecule has 1 aliphatic heterocycles. The standard InChI is InChI=1S/C18H20N2O3/c1-22-16-8-6-15(7-9-16)19-10-11-20-17-5-3-2-4-14(17)13-23-18(20)12-21/h2-9,12,18-19H,10-11,13H2,1H3. The third kappa shape index (κ3) is 3.46. The van der Waals surface area contributed by atoms with Gasteiger partial charge in [-0.3, -0.25) is 4.79 Å². The molecule has 0 aliphatic carbocycles. The van der Waals surface area contributed by atoms with Crippen LogP contribution in [0.4, 0.5) is 11.4 Å². The van der Waals surface area contributed by atoms with Gasteiger partial charge < -0.3 is 19.7 Å². The molecule has 0 saturated heterocycles. The molecule has 0 saturated carbocycles. The van der Waals surface area contributed by atoms with Gasteiger partial charge in [-0.1, -0.05) is 18.2 Å². The highest BCUT2D eigenvalue weighted by atomic mass is 16.5. The van der Waals surface area contributed by atoms with Gasteiger partial charge in [0.05, 0.1) is 13.7 Å². The van der Waals surface area contributed by atoms with Gasteiger partial charge in [-0.05, 0) is 30.3 Å². The molecule has 23 heavy (non-hydrogen) atoms. The van der Waals surface area contributed by atoms with Gasteiger partial charge in [-0.15, -0.1) is 0 Å². The van der Waals surface area contributed by atoms with Gasteiger partial charge in [0.15, 0.2) is 12.5 Å². The number of hydrogen-bond donors (Lipinski definition) is 1. The van der Waals surface area contributed by atoms with Crippen molar-refractivity contribution in [1.82, 2.24) is 0 Å². The minimum atomic E-state index is -0.525. The summed E-state index contributed by atoms with van der Waals surface area (Å²) in [6.07, 6.45) is 0.325. The second-order valence-electron chi connectivity index (χ2n) is 5.32. The normalized spacial score (nSPS) is 16.6. The molecule has 0 radical (unpaired) electrons. The molecule has 0 aromatic heterocycles. The van der Waals surface area contributed by atoms with E-state index in [4.69, 9.17) is 9.47 Å². The Labute approximate surface area is 135 Å². The predicted octanol–water partition coefficient (Wildman–Crippen LogP) is 2.67. The number of fused-ring (bicyclic) bond motifs is 1. The minimum Gasteiger partial charge on any atom is -0.497 e. The molecule has 1 N–H and O–H groups in total. The topological polar surface area (TPSA) is 50.8 Å². The molecular formula is C18H20N2O3. The van der Waals surface area contributed by atoms with Crippen LogP contribution in [0.15, 0.2) is 48.5 Å². The lowest BCUT2D eigenvalue weighted by atomic mass is 10.1. The van der Waals surface area contributed by atoms with Crippen LogP contribution >= 0.6 is 0 Å². The van der Waals surface area contributed by atoms with Crippen LogP contribution in [0, 0.1) is 0 Å². The molecule has 0 spiro atoms. The first kappa shape index (κ1) is 15.4. The van der Waals surface area contributed by atoms with Crippen LogP contribution in [0.25, 0.3) is 0 Å². The number of para-hydroxylation sites is 1. The zero-order valence-electron chi connectivity index (χ0n) is 13.1. The molecule has 2 aromatic rings. The highest BCUT2D eigenvalue weighted by Gasteiger charge is 2.25. The highest BCUT2D eigenvalue weighted by Crippen LogP contribution is 2.28. The maximum Gasteiger partial charge on any atom is 0.187 e. The van der Waals surface area contributed by atoms with E-state index in [1.807, 2.05) is 53.4 Å². The van der Waals surface area contributed by atoms with Gasteiger partial charge in [0.25, 0.3) is 0 Å². The van der Waals surface area contributed by atoms with E-state index in [1.165, 1.54) is 0 Å². The number of benzene rings is 2. The Morgan fingerprint density at radius 1 is 1.26 bits per heavy atom. The third-order valence-corrected chi connectivity index (χ3v) is 3.91. The van der Waals surface area contributed by atoms with E-state index >= 15 is 0 Å². The highest BCUT2D eigenvalue weighted by molar-refractivity contribution is 5.67. The summed E-state index contributed by atoms with van der Waals surface area (Å²) >= 11 is 0. The van der Waals surface area contributed by atoms with E-state index in [0.717, 1.165) is 29.0 Å². The van der Waals surface area contributed by atoms with Crippen LogP contribution in [0.5, 0.6) is 5.75 Å². The fourth-order valence-electron chi connectivity index (χ4n) is 2.71. The third-order valence-electron chi connectivity index (χ3n) is 3.91. The summed E-state index contributed by atoms with van der Waals surface area (Å²) in [7, 11) is 1.65. The van der Waals surface area contributed by atoms with Crippen LogP contribution in [0.3, 0.4) is 0 Å². The average Bonchev–Trinajstić information content (AvgIpc) is 2.62. The summed E-state index contributed by atoms with van der Waals surface area (Å²) in [5, 5.41) is 3.35. The fraction of sp³-hybridized carbons (Fsp3) is 0.278. The second-order valence-corrected chi connectivity index (χ2v) is 5.32. The summed E-state index contributed by atoms with van der Waals surface area (Å²) in [6, 6.07) is 15.8. The number of aldehydes is 1. The minimum absolute atomic E-state index is 0.474. The van der Waals surface area contributed by atoms with Crippen molar-refractivity contribution in [1.29, 1.82) is 0 Å². The second kappa shape index (κ2) is 7.15. The van der Waals surface area contributed by atoms with Crippen LogP contribution in [0.2, 0.25) is 0 Å². The van der Waals surface area contributed by atoms with E-state index in [2.05, 4.69) is 5.32 Å². The lowest BCUT2D eigenvalue weighted by molar-refractivity contribution is -0.119. The van der Waals surface area contributed by atoms with Crippen molar-refractivity contribution in [2.45, 2.75) is 12.8 Å². The molecule has 5 nitrogen and oxygen atoms in total. The van der Waals surface area contributed by atoms with Gasteiger partial charge in [0, 0.05) is 30.0 Å². The van der Waals surface area contributed by atoms with E-state index in [0.29, 0.717) is 19.7 Å². The van der Waals surface area contributed by atoms with Gasteiger partial charge >= 0.3 is 0 Å². The molecule has 5 heteroatoms. The molecule has 120 valence electrons. The molecule has 1 heterocycles. The fourth-order valence-corrected chi connectivity index (χ4v) is 2.71. The smallest absolute Gasteiger partial charge is 0.187 e. The Balaban J connectivity index is 1.64. The molecule has 0 fully saturated rings. The average molecular weight is 312 g/mol. The van der Waals surface area contributed by atoms with Crippen LogP contribution in [-0.4, -0.2) is 32.7 Å². The maximum atomic E-state index is 11.3. The molecule has 0 bridgehead atoms. The largest absolute Gasteiger partial charge is 0.497 e. The number of methoxy groups -OCH3 is 1. The van der Waals surface area contributed by atoms with E-state index in [-0.39, 0.29) is 0 Å². The molecule has 1 atom stereocenters. The zero-order chi connectivity index (χ0) is 16.1. The lowest BCUT2D eigenvalue weighted by Gasteiger charge is -2.35. The summed E-state index contributed by atoms with van der Waals surface area (Å²) in [4.78, 5) is 13.3. The first-order valence-electron chi connectivity index (χ1n) is 7.61. The van der Waals surface area contributed by atoms with Crippen molar-refractivity contribution in [3.8, 4) is 5.75 Å².